The van der Waals surface area contributed by atoms with E-state index in [9.17, 15) is 4.79 Å². The first-order valence-electron chi connectivity index (χ1n) is 11.2. The summed E-state index contributed by atoms with van der Waals surface area (Å²) < 4.78 is 5.96. The molecule has 0 saturated carbocycles. The van der Waals surface area contributed by atoms with Gasteiger partial charge < -0.3 is 10.1 Å². The van der Waals surface area contributed by atoms with Gasteiger partial charge in [0.05, 0.1) is 0 Å². The van der Waals surface area contributed by atoms with E-state index < -0.39 is 6.10 Å². The summed E-state index contributed by atoms with van der Waals surface area (Å²) in [6, 6.07) is 16.6. The van der Waals surface area contributed by atoms with Crippen molar-refractivity contribution >= 4 is 5.91 Å². The van der Waals surface area contributed by atoms with Crippen LogP contribution in [0.25, 0.3) is 0 Å². The number of nitrogens with one attached hydrogen (secondary N) is 1. The van der Waals surface area contributed by atoms with Gasteiger partial charge in [0.15, 0.2) is 6.10 Å². The van der Waals surface area contributed by atoms with Gasteiger partial charge in [-0.3, -0.25) is 9.69 Å². The SMILES string of the molecule is CC[C@@H](Oc1ccc(C(C)(C)C)cc1)C(=O)NCc1ccc(CN2CCCC2)cc1. The molecule has 162 valence electrons. The van der Waals surface area contributed by atoms with E-state index >= 15 is 0 Å². The number of carbonyl (C=O) groups excluding carboxylic acids is 1. The number of nitrogens with zero attached hydrogens (tertiary/aromatic N) is 1. The summed E-state index contributed by atoms with van der Waals surface area (Å²) in [5.41, 5.74) is 3.79. The topological polar surface area (TPSA) is 41.6 Å². The maximum Gasteiger partial charge on any atom is 0.261 e. The lowest BCUT2D eigenvalue weighted by Gasteiger charge is -2.21. The van der Waals surface area contributed by atoms with Gasteiger partial charge in [0.1, 0.15) is 5.75 Å². The minimum atomic E-state index is -0.486. The van der Waals surface area contributed by atoms with E-state index in [0.29, 0.717) is 13.0 Å². The van der Waals surface area contributed by atoms with E-state index in [-0.39, 0.29) is 11.3 Å². The maximum atomic E-state index is 12.6. The summed E-state index contributed by atoms with van der Waals surface area (Å²) in [7, 11) is 0. The van der Waals surface area contributed by atoms with Crippen LogP contribution in [0.3, 0.4) is 0 Å². The number of ether oxygens (including phenoxy) is 1. The second-order valence-electron chi connectivity index (χ2n) is 9.31. The molecule has 2 aromatic rings. The average molecular weight is 409 g/mol. The summed E-state index contributed by atoms with van der Waals surface area (Å²) in [5, 5.41) is 3.02. The molecule has 3 rings (SSSR count). The zero-order chi connectivity index (χ0) is 21.6. The van der Waals surface area contributed by atoms with Gasteiger partial charge in [-0.25, -0.2) is 0 Å². The molecular formula is C26H36N2O2. The van der Waals surface area contributed by atoms with Crippen molar-refractivity contribution in [2.24, 2.45) is 0 Å². The Labute approximate surface area is 181 Å². The highest BCUT2D eigenvalue weighted by molar-refractivity contribution is 5.81. The van der Waals surface area contributed by atoms with Crippen LogP contribution >= 0.6 is 0 Å². The number of carbonyl (C=O) groups is 1. The number of hydrogen-bond acceptors (Lipinski definition) is 3. The Hall–Kier alpha value is -2.33. The molecule has 1 amide bonds. The third-order valence-corrected chi connectivity index (χ3v) is 5.76. The van der Waals surface area contributed by atoms with Gasteiger partial charge in [-0.15, -0.1) is 0 Å². The molecule has 0 aromatic heterocycles. The fraction of sp³-hybridized carbons (Fsp3) is 0.500. The molecule has 0 bridgehead atoms. The first-order chi connectivity index (χ1) is 14.3. The molecule has 1 saturated heterocycles. The summed E-state index contributed by atoms with van der Waals surface area (Å²) >= 11 is 0. The summed E-state index contributed by atoms with van der Waals surface area (Å²) in [6.45, 7) is 12.5. The van der Waals surface area contributed by atoms with Crippen LogP contribution in [0.1, 0.15) is 63.6 Å². The Balaban J connectivity index is 1.49. The van der Waals surface area contributed by atoms with Crippen molar-refractivity contribution in [1.29, 1.82) is 0 Å². The summed E-state index contributed by atoms with van der Waals surface area (Å²) in [5.74, 6) is 0.662. The monoisotopic (exact) mass is 408 g/mol. The third kappa shape index (κ3) is 6.33. The van der Waals surface area contributed by atoms with Crippen LogP contribution in [-0.4, -0.2) is 30.0 Å². The van der Waals surface area contributed by atoms with Crippen molar-refractivity contribution in [1.82, 2.24) is 10.2 Å². The van der Waals surface area contributed by atoms with Gasteiger partial charge in [0.2, 0.25) is 0 Å². The van der Waals surface area contributed by atoms with Gasteiger partial charge in [0.25, 0.3) is 5.91 Å². The van der Waals surface area contributed by atoms with Crippen molar-refractivity contribution in [2.75, 3.05) is 13.1 Å². The normalized spacial score (nSPS) is 15.7. The molecule has 1 atom stereocenters. The Bertz CT molecular complexity index is 800. The van der Waals surface area contributed by atoms with E-state index in [0.717, 1.165) is 17.9 Å². The Morgan fingerprint density at radius 1 is 1.00 bits per heavy atom. The largest absolute Gasteiger partial charge is 0.481 e. The lowest BCUT2D eigenvalue weighted by molar-refractivity contribution is -0.128. The van der Waals surface area contributed by atoms with Crippen LogP contribution in [0.15, 0.2) is 48.5 Å². The minimum absolute atomic E-state index is 0.0708. The smallest absolute Gasteiger partial charge is 0.261 e. The van der Waals surface area contributed by atoms with Crippen molar-refractivity contribution in [3.05, 3.63) is 65.2 Å². The van der Waals surface area contributed by atoms with Gasteiger partial charge in [-0.05, 0) is 66.6 Å². The number of amides is 1. The molecule has 0 aliphatic carbocycles. The molecule has 4 heteroatoms. The van der Waals surface area contributed by atoms with Crippen LogP contribution in [-0.2, 0) is 23.3 Å². The van der Waals surface area contributed by atoms with Gasteiger partial charge in [0, 0.05) is 13.1 Å². The molecule has 4 nitrogen and oxygen atoms in total. The van der Waals surface area contributed by atoms with Crippen molar-refractivity contribution < 1.29 is 9.53 Å². The van der Waals surface area contributed by atoms with Crippen molar-refractivity contribution in [3.63, 3.8) is 0 Å². The molecule has 0 unspecified atom stereocenters. The molecule has 1 fully saturated rings. The third-order valence-electron chi connectivity index (χ3n) is 5.76. The fourth-order valence-corrected chi connectivity index (χ4v) is 3.78. The van der Waals surface area contributed by atoms with E-state index in [1.165, 1.54) is 37.1 Å². The summed E-state index contributed by atoms with van der Waals surface area (Å²) in [4.78, 5) is 15.1. The molecule has 1 aliphatic heterocycles. The van der Waals surface area contributed by atoms with Gasteiger partial charge in [-0.1, -0.05) is 64.1 Å². The van der Waals surface area contributed by atoms with E-state index in [4.69, 9.17) is 4.74 Å². The van der Waals surface area contributed by atoms with Crippen LogP contribution in [0.5, 0.6) is 5.75 Å². The molecule has 0 radical (unpaired) electrons. The predicted molar refractivity (Wildman–Crippen MR) is 123 cm³/mol. The second kappa shape index (κ2) is 10.1. The molecule has 30 heavy (non-hydrogen) atoms. The van der Waals surface area contributed by atoms with Gasteiger partial charge >= 0.3 is 0 Å². The van der Waals surface area contributed by atoms with Crippen LogP contribution in [0.4, 0.5) is 0 Å². The Morgan fingerprint density at radius 2 is 1.60 bits per heavy atom. The van der Waals surface area contributed by atoms with Crippen LogP contribution < -0.4 is 10.1 Å². The standard InChI is InChI=1S/C26H36N2O2/c1-5-24(30-23-14-12-22(13-15-23)26(2,3)4)25(29)27-18-20-8-10-21(11-9-20)19-28-16-6-7-17-28/h8-15,24H,5-7,16-19H2,1-4H3,(H,27,29)/t24-/m1/s1. The van der Waals surface area contributed by atoms with E-state index in [1.54, 1.807) is 0 Å². The molecule has 1 aliphatic rings. The van der Waals surface area contributed by atoms with E-state index in [2.05, 4.69) is 67.4 Å². The van der Waals surface area contributed by atoms with Crippen molar-refractivity contribution in [2.45, 2.75) is 71.6 Å². The zero-order valence-corrected chi connectivity index (χ0v) is 18.9. The zero-order valence-electron chi connectivity index (χ0n) is 18.9. The molecule has 1 N–H and O–H groups in total. The Morgan fingerprint density at radius 3 is 2.17 bits per heavy atom. The number of hydrogen-bond donors (Lipinski definition) is 1. The highest BCUT2D eigenvalue weighted by Gasteiger charge is 2.19. The molecule has 0 spiro atoms. The highest BCUT2D eigenvalue weighted by atomic mass is 16.5. The summed E-state index contributed by atoms with van der Waals surface area (Å²) in [6.07, 6.45) is 2.76. The molecule has 1 heterocycles. The maximum absolute atomic E-state index is 12.6. The van der Waals surface area contributed by atoms with Crippen LogP contribution in [0.2, 0.25) is 0 Å². The second-order valence-corrected chi connectivity index (χ2v) is 9.31. The number of rotatable bonds is 8. The minimum Gasteiger partial charge on any atom is -0.481 e. The lowest BCUT2D eigenvalue weighted by Crippen LogP contribution is -2.37. The average Bonchev–Trinajstić information content (AvgIpc) is 3.24. The first kappa shape index (κ1) is 22.4. The van der Waals surface area contributed by atoms with Crippen LogP contribution in [0, 0.1) is 0 Å². The van der Waals surface area contributed by atoms with Crippen molar-refractivity contribution in [3.8, 4) is 5.75 Å². The lowest BCUT2D eigenvalue weighted by atomic mass is 9.87. The quantitative estimate of drug-likeness (QED) is 0.664. The molecular weight excluding hydrogens is 372 g/mol. The molecule has 2 aromatic carbocycles. The number of benzene rings is 2. The Kier molecular flexibility index (Phi) is 7.54. The number of likely N-dealkylation sites (tertiary alicyclic amines) is 1. The first-order valence-corrected chi connectivity index (χ1v) is 11.2. The fourth-order valence-electron chi connectivity index (χ4n) is 3.78. The highest BCUT2D eigenvalue weighted by Crippen LogP contribution is 2.25. The van der Waals surface area contributed by atoms with Gasteiger partial charge in [-0.2, -0.15) is 0 Å². The van der Waals surface area contributed by atoms with E-state index in [1.807, 2.05) is 19.1 Å². The predicted octanol–water partition coefficient (Wildman–Crippen LogP) is 5.05.